The number of benzene rings is 12. The maximum atomic E-state index is 2.47. The minimum absolute atomic E-state index is 0.830. The van der Waals surface area contributed by atoms with Gasteiger partial charge in [-0.05, 0) is 207 Å². The minimum Gasteiger partial charge on any atom is -0.311 e. The third kappa shape index (κ3) is 9.51. The summed E-state index contributed by atoms with van der Waals surface area (Å²) in [5, 5.41) is 0. The van der Waals surface area contributed by atoms with Crippen LogP contribution in [0.1, 0.15) is 44.5 Å². The number of hydrogen-bond donors (Lipinski definition) is 0. The van der Waals surface area contributed by atoms with Crippen molar-refractivity contribution in [3.8, 4) is 11.1 Å². The molecule has 12 aromatic carbocycles. The summed E-state index contributed by atoms with van der Waals surface area (Å²) in [6.07, 6.45) is 0. The van der Waals surface area contributed by atoms with Gasteiger partial charge < -0.3 is 19.6 Å². The van der Waals surface area contributed by atoms with E-state index < -0.39 is 5.41 Å². The van der Waals surface area contributed by atoms with Gasteiger partial charge in [0.15, 0.2) is 0 Å². The van der Waals surface area contributed by atoms with E-state index in [1.165, 1.54) is 44.5 Å². The minimum atomic E-state index is -0.830. The Bertz CT molecular complexity index is 3650. The molecular formula is C77H62N4. The molecule has 13 rings (SSSR count). The van der Waals surface area contributed by atoms with Gasteiger partial charge in [-0.25, -0.2) is 0 Å². The summed E-state index contributed by atoms with van der Waals surface area (Å²) >= 11 is 0. The number of fused-ring (bicyclic) bond motifs is 3. The number of nitrogens with zero attached hydrogens (tertiary/aromatic N) is 4. The second-order valence-electron chi connectivity index (χ2n) is 21.3. The maximum absolute atomic E-state index is 2.47. The summed E-state index contributed by atoms with van der Waals surface area (Å²) in [5.41, 5.74) is 24.2. The fourth-order valence-electron chi connectivity index (χ4n) is 12.0. The van der Waals surface area contributed by atoms with Gasteiger partial charge in [0, 0.05) is 68.2 Å². The van der Waals surface area contributed by atoms with Crippen molar-refractivity contribution in [1.82, 2.24) is 0 Å². The topological polar surface area (TPSA) is 13.0 Å². The van der Waals surface area contributed by atoms with Gasteiger partial charge in [-0.3, -0.25) is 0 Å². The van der Waals surface area contributed by atoms with Crippen LogP contribution in [-0.4, -0.2) is 0 Å². The predicted molar refractivity (Wildman–Crippen MR) is 341 cm³/mol. The zero-order valence-electron chi connectivity index (χ0n) is 46.2. The van der Waals surface area contributed by atoms with Crippen LogP contribution in [0.25, 0.3) is 11.1 Å². The Morgan fingerprint density at radius 3 is 0.642 bits per heavy atom. The summed E-state index contributed by atoms with van der Waals surface area (Å²) in [4.78, 5) is 9.52. The Hall–Kier alpha value is -10.2. The van der Waals surface area contributed by atoms with Crippen LogP contribution in [0.15, 0.2) is 303 Å². The zero-order chi connectivity index (χ0) is 54.9. The molecule has 0 heterocycles. The molecule has 4 nitrogen and oxygen atoms in total. The molecule has 0 atom stereocenters. The van der Waals surface area contributed by atoms with Crippen molar-refractivity contribution in [3.63, 3.8) is 0 Å². The molecule has 0 bridgehead atoms. The van der Waals surface area contributed by atoms with Crippen molar-refractivity contribution in [2.24, 2.45) is 0 Å². The van der Waals surface area contributed by atoms with Crippen molar-refractivity contribution in [2.45, 2.75) is 33.1 Å². The second kappa shape index (κ2) is 21.6. The van der Waals surface area contributed by atoms with Crippen LogP contribution >= 0.6 is 0 Å². The molecule has 0 unspecified atom stereocenters. The van der Waals surface area contributed by atoms with E-state index in [0.717, 1.165) is 79.4 Å². The molecule has 0 aromatic heterocycles. The average Bonchev–Trinajstić information content (AvgIpc) is 3.94. The Labute approximate surface area is 477 Å². The molecule has 0 saturated heterocycles. The van der Waals surface area contributed by atoms with Crippen molar-refractivity contribution in [1.29, 1.82) is 0 Å². The second-order valence-corrected chi connectivity index (χ2v) is 21.3. The van der Waals surface area contributed by atoms with Gasteiger partial charge in [-0.1, -0.05) is 180 Å². The van der Waals surface area contributed by atoms with E-state index in [0.29, 0.717) is 0 Å². The highest BCUT2D eigenvalue weighted by Gasteiger charge is 2.47. The summed E-state index contributed by atoms with van der Waals surface area (Å²) in [6, 6.07) is 112. The maximum Gasteiger partial charge on any atom is 0.0715 e. The normalized spacial score (nSPS) is 12.0. The molecule has 390 valence electrons. The Morgan fingerprint density at radius 2 is 0.395 bits per heavy atom. The lowest BCUT2D eigenvalue weighted by atomic mass is 9.67. The van der Waals surface area contributed by atoms with Crippen LogP contribution in [0.4, 0.5) is 68.2 Å². The first kappa shape index (κ1) is 50.4. The van der Waals surface area contributed by atoms with Gasteiger partial charge in [0.05, 0.1) is 5.41 Å². The zero-order valence-corrected chi connectivity index (χ0v) is 46.2. The number of hydrogen-bond acceptors (Lipinski definition) is 4. The lowest BCUT2D eigenvalue weighted by molar-refractivity contribution is 0.768. The Morgan fingerprint density at radius 1 is 0.198 bits per heavy atom. The average molecular weight is 1040 g/mol. The van der Waals surface area contributed by atoms with E-state index in [2.05, 4.69) is 351 Å². The van der Waals surface area contributed by atoms with E-state index in [4.69, 9.17) is 0 Å². The van der Waals surface area contributed by atoms with E-state index in [9.17, 15) is 0 Å². The van der Waals surface area contributed by atoms with Crippen LogP contribution in [0.3, 0.4) is 0 Å². The van der Waals surface area contributed by atoms with Crippen LogP contribution in [0.2, 0.25) is 0 Å². The van der Waals surface area contributed by atoms with Crippen molar-refractivity contribution in [3.05, 3.63) is 348 Å². The van der Waals surface area contributed by atoms with Crippen LogP contribution < -0.4 is 19.6 Å². The molecule has 0 radical (unpaired) electrons. The first-order valence-corrected chi connectivity index (χ1v) is 28.0. The number of para-hydroxylation sites is 4. The largest absolute Gasteiger partial charge is 0.311 e. The molecule has 0 aliphatic heterocycles. The van der Waals surface area contributed by atoms with Crippen LogP contribution in [0, 0.1) is 27.7 Å². The monoisotopic (exact) mass is 1040 g/mol. The third-order valence-electron chi connectivity index (χ3n) is 16.0. The lowest BCUT2D eigenvalue weighted by Crippen LogP contribution is -2.29. The fourth-order valence-corrected chi connectivity index (χ4v) is 12.0. The molecule has 81 heavy (non-hydrogen) atoms. The lowest BCUT2D eigenvalue weighted by Gasteiger charge is -2.36. The molecule has 1 aliphatic carbocycles. The molecule has 1 aliphatic rings. The Kier molecular flexibility index (Phi) is 13.4. The Balaban J connectivity index is 1.09. The molecule has 12 aromatic rings. The smallest absolute Gasteiger partial charge is 0.0715 e. The van der Waals surface area contributed by atoms with Gasteiger partial charge >= 0.3 is 0 Å². The standard InChI is InChI=1S/C77H62N4/c1-55-25-37-65(38-26-55)78(66-39-27-56(2)28-40-66)69-45-33-59(34-46-69)77(60-35-47-70(48-36-60)79(67-41-29-57(3)30-42-67)68-43-31-58(4)32-44-68)75-53-71(80(61-17-9-5-10-18-61)62-19-11-6-12-20-62)49-51-73(75)74-52-50-72(54-76(74)77)81(63-21-13-7-14-22-63)64-23-15-8-16-24-64/h5-54H,1-4H3. The van der Waals surface area contributed by atoms with Gasteiger partial charge in [0.25, 0.3) is 0 Å². The van der Waals surface area contributed by atoms with Crippen LogP contribution in [-0.2, 0) is 5.41 Å². The quantitative estimate of drug-likeness (QED) is 0.108. The van der Waals surface area contributed by atoms with Crippen molar-refractivity contribution >= 4 is 68.2 Å². The van der Waals surface area contributed by atoms with Crippen LogP contribution in [0.5, 0.6) is 0 Å². The van der Waals surface area contributed by atoms with Crippen molar-refractivity contribution < 1.29 is 0 Å². The van der Waals surface area contributed by atoms with E-state index in [-0.39, 0.29) is 0 Å². The van der Waals surface area contributed by atoms with Gasteiger partial charge in [-0.2, -0.15) is 0 Å². The molecule has 0 fully saturated rings. The number of aryl methyl sites for hydroxylation is 4. The third-order valence-corrected chi connectivity index (χ3v) is 16.0. The highest BCUT2D eigenvalue weighted by atomic mass is 15.2. The summed E-state index contributed by atoms with van der Waals surface area (Å²) in [5.74, 6) is 0. The summed E-state index contributed by atoms with van der Waals surface area (Å²) < 4.78 is 0. The molecule has 0 N–H and O–H groups in total. The number of rotatable bonds is 14. The molecule has 0 amide bonds. The first-order valence-electron chi connectivity index (χ1n) is 28.0. The number of anilines is 12. The first-order chi connectivity index (χ1) is 39.8. The van der Waals surface area contributed by atoms with E-state index in [1.54, 1.807) is 0 Å². The molecular weight excluding hydrogens is 981 g/mol. The predicted octanol–water partition coefficient (Wildman–Crippen LogP) is 21.2. The highest BCUT2D eigenvalue weighted by molar-refractivity contribution is 5.93. The molecule has 0 saturated carbocycles. The SMILES string of the molecule is Cc1ccc(N(c2ccc(C)cc2)c2ccc(C3(c4ccc(N(c5ccc(C)cc5)c5ccc(C)cc5)cc4)c4cc(N(c5ccccc5)c5ccccc5)ccc4-c4ccc(N(c5ccccc5)c5ccccc5)cc43)cc2)cc1. The van der Waals surface area contributed by atoms with Crippen molar-refractivity contribution in [2.75, 3.05) is 19.6 Å². The van der Waals surface area contributed by atoms with E-state index in [1.807, 2.05) is 0 Å². The summed E-state index contributed by atoms with van der Waals surface area (Å²) in [7, 11) is 0. The van der Waals surface area contributed by atoms with E-state index >= 15 is 0 Å². The molecule has 4 heteroatoms. The highest BCUT2D eigenvalue weighted by Crippen LogP contribution is 2.59. The summed E-state index contributed by atoms with van der Waals surface area (Å²) in [6.45, 7) is 8.59. The van der Waals surface area contributed by atoms with Gasteiger partial charge in [0.2, 0.25) is 0 Å². The van der Waals surface area contributed by atoms with Gasteiger partial charge in [-0.15, -0.1) is 0 Å². The molecule has 0 spiro atoms. The van der Waals surface area contributed by atoms with Gasteiger partial charge in [0.1, 0.15) is 0 Å². The fraction of sp³-hybridized carbons (Fsp3) is 0.0649.